The van der Waals surface area contributed by atoms with Gasteiger partial charge in [-0.2, -0.15) is 0 Å². The first-order valence-electron chi connectivity index (χ1n) is 7.18. The van der Waals surface area contributed by atoms with Crippen molar-refractivity contribution in [3.05, 3.63) is 53.1 Å². The van der Waals surface area contributed by atoms with Crippen LogP contribution in [0.2, 0.25) is 5.02 Å². The zero-order chi connectivity index (χ0) is 15.4. The lowest BCUT2D eigenvalue weighted by Crippen LogP contribution is -2.36. The maximum Gasteiger partial charge on any atom is 0.142 e. The summed E-state index contributed by atoms with van der Waals surface area (Å²) in [7, 11) is 0. The molecule has 4 nitrogen and oxygen atoms in total. The van der Waals surface area contributed by atoms with Crippen molar-refractivity contribution < 1.29 is 9.84 Å². The van der Waals surface area contributed by atoms with E-state index < -0.39 is 0 Å². The van der Waals surface area contributed by atoms with Crippen molar-refractivity contribution in [2.45, 2.75) is 0 Å². The SMILES string of the molecule is Oc1c(Cl)cccc1C=Nc1ccc(N2CCOCC2)cc1. The van der Waals surface area contributed by atoms with E-state index in [0.717, 1.165) is 32.0 Å². The van der Waals surface area contributed by atoms with Crippen molar-refractivity contribution in [3.63, 3.8) is 0 Å². The molecule has 5 heteroatoms. The van der Waals surface area contributed by atoms with E-state index in [1.54, 1.807) is 24.4 Å². The molecule has 114 valence electrons. The van der Waals surface area contributed by atoms with Gasteiger partial charge in [-0.3, -0.25) is 4.99 Å². The standard InChI is InChI=1S/C17H17ClN2O2/c18-16-3-1-2-13(17(16)21)12-19-14-4-6-15(7-5-14)20-8-10-22-11-9-20/h1-7,12,21H,8-11H2. The van der Waals surface area contributed by atoms with E-state index in [9.17, 15) is 5.11 Å². The first-order chi connectivity index (χ1) is 10.7. The first-order valence-corrected chi connectivity index (χ1v) is 7.56. The molecule has 1 saturated heterocycles. The molecule has 1 aliphatic rings. The minimum Gasteiger partial charge on any atom is -0.506 e. The van der Waals surface area contributed by atoms with E-state index in [4.69, 9.17) is 16.3 Å². The lowest BCUT2D eigenvalue weighted by molar-refractivity contribution is 0.122. The smallest absolute Gasteiger partial charge is 0.142 e. The average Bonchev–Trinajstić information content (AvgIpc) is 2.57. The first kappa shape index (κ1) is 14.9. The number of ether oxygens (including phenoxy) is 1. The molecule has 0 unspecified atom stereocenters. The summed E-state index contributed by atoms with van der Waals surface area (Å²) in [6.07, 6.45) is 1.62. The largest absolute Gasteiger partial charge is 0.506 e. The summed E-state index contributed by atoms with van der Waals surface area (Å²) in [6, 6.07) is 13.2. The van der Waals surface area contributed by atoms with Gasteiger partial charge in [-0.15, -0.1) is 0 Å². The summed E-state index contributed by atoms with van der Waals surface area (Å²) >= 11 is 5.87. The minimum absolute atomic E-state index is 0.0536. The Labute approximate surface area is 134 Å². The van der Waals surface area contributed by atoms with Crippen molar-refractivity contribution in [1.29, 1.82) is 0 Å². The van der Waals surface area contributed by atoms with E-state index >= 15 is 0 Å². The molecule has 1 fully saturated rings. The molecule has 0 atom stereocenters. The van der Waals surface area contributed by atoms with Gasteiger partial charge in [0.25, 0.3) is 0 Å². The maximum atomic E-state index is 9.85. The Morgan fingerprint density at radius 2 is 1.82 bits per heavy atom. The molecule has 1 N–H and O–H groups in total. The van der Waals surface area contributed by atoms with Gasteiger partial charge in [0, 0.05) is 30.6 Å². The van der Waals surface area contributed by atoms with Crippen LogP contribution in [0, 0.1) is 0 Å². The fourth-order valence-electron chi connectivity index (χ4n) is 2.35. The van der Waals surface area contributed by atoms with Gasteiger partial charge in [-0.1, -0.05) is 17.7 Å². The number of aromatic hydroxyl groups is 1. The summed E-state index contributed by atoms with van der Waals surface area (Å²) in [5.74, 6) is 0.0536. The Kier molecular flexibility index (Phi) is 4.61. The predicted molar refractivity (Wildman–Crippen MR) is 89.8 cm³/mol. The second kappa shape index (κ2) is 6.81. The number of nitrogens with zero attached hydrogens (tertiary/aromatic N) is 2. The number of phenolic OH excluding ortho intramolecular Hbond substituents is 1. The van der Waals surface area contributed by atoms with E-state index in [-0.39, 0.29) is 5.75 Å². The van der Waals surface area contributed by atoms with Crippen molar-refractivity contribution in [2.24, 2.45) is 4.99 Å². The van der Waals surface area contributed by atoms with Crippen LogP contribution in [0.25, 0.3) is 0 Å². The van der Waals surface area contributed by atoms with Gasteiger partial charge in [-0.25, -0.2) is 0 Å². The zero-order valence-corrected chi connectivity index (χ0v) is 12.8. The Morgan fingerprint density at radius 1 is 1.09 bits per heavy atom. The number of para-hydroxylation sites is 1. The summed E-state index contributed by atoms with van der Waals surface area (Å²) < 4.78 is 5.35. The van der Waals surface area contributed by atoms with Gasteiger partial charge >= 0.3 is 0 Å². The predicted octanol–water partition coefficient (Wildman–Crippen LogP) is 3.63. The van der Waals surface area contributed by atoms with Crippen LogP contribution >= 0.6 is 11.6 Å². The quantitative estimate of drug-likeness (QED) is 0.879. The van der Waals surface area contributed by atoms with E-state index in [0.29, 0.717) is 10.6 Å². The van der Waals surface area contributed by atoms with Crippen LogP contribution in [0.4, 0.5) is 11.4 Å². The van der Waals surface area contributed by atoms with Crippen LogP contribution in [0.15, 0.2) is 47.5 Å². The number of halogens is 1. The second-order valence-electron chi connectivity index (χ2n) is 5.05. The third kappa shape index (κ3) is 3.40. The molecule has 1 aliphatic heterocycles. The van der Waals surface area contributed by atoms with Gasteiger partial charge in [0.2, 0.25) is 0 Å². The Bertz CT molecular complexity index is 665. The van der Waals surface area contributed by atoms with Crippen LogP contribution in [0.5, 0.6) is 5.75 Å². The van der Waals surface area contributed by atoms with Crippen molar-refractivity contribution in [3.8, 4) is 5.75 Å². The monoisotopic (exact) mass is 316 g/mol. The summed E-state index contributed by atoms with van der Waals surface area (Å²) in [5.41, 5.74) is 2.61. The zero-order valence-electron chi connectivity index (χ0n) is 12.1. The lowest BCUT2D eigenvalue weighted by atomic mass is 10.2. The fraction of sp³-hybridized carbons (Fsp3) is 0.235. The van der Waals surface area contributed by atoms with Crippen LogP contribution in [0.3, 0.4) is 0 Å². The number of aliphatic imine (C=N–C) groups is 1. The molecular weight excluding hydrogens is 300 g/mol. The third-order valence-electron chi connectivity index (χ3n) is 3.60. The molecule has 1 heterocycles. The highest BCUT2D eigenvalue weighted by atomic mass is 35.5. The Morgan fingerprint density at radius 3 is 2.55 bits per heavy atom. The topological polar surface area (TPSA) is 45.1 Å². The summed E-state index contributed by atoms with van der Waals surface area (Å²) in [4.78, 5) is 6.67. The minimum atomic E-state index is 0.0536. The highest BCUT2D eigenvalue weighted by molar-refractivity contribution is 6.32. The van der Waals surface area contributed by atoms with Crippen LogP contribution in [-0.2, 0) is 4.74 Å². The summed E-state index contributed by atoms with van der Waals surface area (Å²) in [5, 5.41) is 10.2. The highest BCUT2D eigenvalue weighted by Crippen LogP contribution is 2.26. The number of morpholine rings is 1. The van der Waals surface area contributed by atoms with E-state index in [1.165, 1.54) is 5.69 Å². The van der Waals surface area contributed by atoms with Gasteiger partial charge in [0.05, 0.1) is 23.9 Å². The number of hydrogen-bond donors (Lipinski definition) is 1. The number of phenols is 1. The van der Waals surface area contributed by atoms with Gasteiger partial charge < -0.3 is 14.7 Å². The van der Waals surface area contributed by atoms with Crippen LogP contribution in [-0.4, -0.2) is 37.6 Å². The van der Waals surface area contributed by atoms with Crippen molar-refractivity contribution in [1.82, 2.24) is 0 Å². The lowest BCUT2D eigenvalue weighted by Gasteiger charge is -2.28. The van der Waals surface area contributed by atoms with E-state index in [2.05, 4.69) is 22.0 Å². The average molecular weight is 317 g/mol. The number of anilines is 1. The van der Waals surface area contributed by atoms with Crippen LogP contribution in [0.1, 0.15) is 5.56 Å². The van der Waals surface area contributed by atoms with Crippen molar-refractivity contribution in [2.75, 3.05) is 31.2 Å². The Balaban J connectivity index is 1.73. The number of benzene rings is 2. The number of hydrogen-bond acceptors (Lipinski definition) is 4. The second-order valence-corrected chi connectivity index (χ2v) is 5.46. The molecule has 0 spiro atoms. The van der Waals surface area contributed by atoms with Gasteiger partial charge in [-0.05, 0) is 36.4 Å². The van der Waals surface area contributed by atoms with Crippen molar-refractivity contribution >= 4 is 29.2 Å². The molecule has 22 heavy (non-hydrogen) atoms. The molecule has 0 amide bonds. The normalized spacial score (nSPS) is 15.4. The van der Waals surface area contributed by atoms with Crippen LogP contribution < -0.4 is 4.90 Å². The maximum absolute atomic E-state index is 9.85. The molecule has 0 bridgehead atoms. The number of rotatable bonds is 3. The molecule has 0 aliphatic carbocycles. The third-order valence-corrected chi connectivity index (χ3v) is 3.90. The molecule has 2 aromatic rings. The molecule has 3 rings (SSSR count). The van der Waals surface area contributed by atoms with Gasteiger partial charge in [0.15, 0.2) is 0 Å². The Hall–Kier alpha value is -2.04. The molecule has 0 aromatic heterocycles. The molecule has 0 radical (unpaired) electrons. The van der Waals surface area contributed by atoms with Gasteiger partial charge in [0.1, 0.15) is 5.75 Å². The summed E-state index contributed by atoms with van der Waals surface area (Å²) in [6.45, 7) is 3.37. The van der Waals surface area contributed by atoms with E-state index in [1.807, 2.05) is 12.1 Å². The molecular formula is C17H17ClN2O2. The molecule has 0 saturated carbocycles. The molecule has 2 aromatic carbocycles. The highest BCUT2D eigenvalue weighted by Gasteiger charge is 2.10. The fourth-order valence-corrected chi connectivity index (χ4v) is 2.53.